The molecule has 2 heterocycles. The molecule has 0 radical (unpaired) electrons. The van der Waals surface area contributed by atoms with Gasteiger partial charge in [0.2, 0.25) is 5.91 Å². The highest BCUT2D eigenvalue weighted by Gasteiger charge is 2.34. The van der Waals surface area contributed by atoms with Crippen molar-refractivity contribution in [1.29, 1.82) is 0 Å². The summed E-state index contributed by atoms with van der Waals surface area (Å²) in [7, 11) is 0. The van der Waals surface area contributed by atoms with Crippen molar-refractivity contribution < 1.29 is 22.7 Å². The van der Waals surface area contributed by atoms with Crippen LogP contribution >= 0.6 is 0 Å². The van der Waals surface area contributed by atoms with Gasteiger partial charge in [-0.25, -0.2) is 0 Å². The zero-order valence-electron chi connectivity index (χ0n) is 11.2. The maximum absolute atomic E-state index is 12.4. The number of carbonyl (C=O) groups is 1. The number of alkyl halides is 3. The average molecular weight is 291 g/mol. The minimum absolute atomic E-state index is 0.0708. The van der Waals surface area contributed by atoms with Crippen molar-refractivity contribution in [3.05, 3.63) is 18.0 Å². The van der Waals surface area contributed by atoms with Crippen LogP contribution in [-0.4, -0.2) is 45.9 Å². The van der Waals surface area contributed by atoms with Gasteiger partial charge in [-0.3, -0.25) is 9.48 Å². The van der Waals surface area contributed by atoms with Gasteiger partial charge >= 0.3 is 6.18 Å². The van der Waals surface area contributed by atoms with Crippen LogP contribution in [0.2, 0.25) is 0 Å². The summed E-state index contributed by atoms with van der Waals surface area (Å²) in [5, 5.41) is 3.37. The van der Waals surface area contributed by atoms with E-state index in [-0.39, 0.29) is 24.6 Å². The summed E-state index contributed by atoms with van der Waals surface area (Å²) >= 11 is 0. The van der Waals surface area contributed by atoms with Crippen LogP contribution < -0.4 is 0 Å². The Balaban J connectivity index is 2.02. The number of hydrogen-bond donors (Lipinski definition) is 0. The van der Waals surface area contributed by atoms with Crippen LogP contribution in [0.1, 0.15) is 19.5 Å². The lowest BCUT2D eigenvalue weighted by Crippen LogP contribution is -2.51. The van der Waals surface area contributed by atoms with Crippen molar-refractivity contribution in [1.82, 2.24) is 14.7 Å². The minimum atomic E-state index is -4.49. The second-order valence-corrected chi connectivity index (χ2v) is 4.94. The van der Waals surface area contributed by atoms with Crippen LogP contribution in [0.25, 0.3) is 0 Å². The molecular formula is C12H16F3N3O2. The van der Waals surface area contributed by atoms with E-state index >= 15 is 0 Å². The van der Waals surface area contributed by atoms with Crippen molar-refractivity contribution >= 4 is 5.91 Å². The SMILES string of the molecule is C[C@H]1CN(C(=O)Cn2ccc(C(F)(F)F)n2)[C@@H](C)CO1. The molecule has 1 aliphatic rings. The number of aromatic nitrogens is 2. The molecule has 2 rings (SSSR count). The van der Waals surface area contributed by atoms with Crippen molar-refractivity contribution in [2.75, 3.05) is 13.2 Å². The van der Waals surface area contributed by atoms with E-state index in [1.54, 1.807) is 4.90 Å². The minimum Gasteiger partial charge on any atom is -0.375 e. The Morgan fingerprint density at radius 3 is 2.80 bits per heavy atom. The van der Waals surface area contributed by atoms with Gasteiger partial charge < -0.3 is 9.64 Å². The van der Waals surface area contributed by atoms with Crippen molar-refractivity contribution in [3.63, 3.8) is 0 Å². The maximum Gasteiger partial charge on any atom is 0.435 e. The van der Waals surface area contributed by atoms with Gasteiger partial charge in [-0.2, -0.15) is 18.3 Å². The molecule has 0 aliphatic carbocycles. The molecule has 0 N–H and O–H groups in total. The van der Waals surface area contributed by atoms with Gasteiger partial charge in [0, 0.05) is 12.7 Å². The zero-order valence-corrected chi connectivity index (χ0v) is 11.2. The van der Waals surface area contributed by atoms with Gasteiger partial charge in [0.15, 0.2) is 5.69 Å². The molecule has 1 aromatic heterocycles. The van der Waals surface area contributed by atoms with E-state index in [0.717, 1.165) is 16.9 Å². The third-order valence-corrected chi connectivity index (χ3v) is 3.16. The lowest BCUT2D eigenvalue weighted by atomic mass is 10.2. The Hall–Kier alpha value is -1.57. The van der Waals surface area contributed by atoms with E-state index in [2.05, 4.69) is 5.10 Å². The van der Waals surface area contributed by atoms with Gasteiger partial charge in [0.05, 0.1) is 18.8 Å². The van der Waals surface area contributed by atoms with Crippen LogP contribution in [-0.2, 0) is 22.3 Å². The van der Waals surface area contributed by atoms with Crippen LogP contribution in [0.15, 0.2) is 12.3 Å². The lowest BCUT2D eigenvalue weighted by Gasteiger charge is -2.36. The summed E-state index contributed by atoms with van der Waals surface area (Å²) in [6.45, 7) is 4.36. The molecule has 0 bridgehead atoms. The standard InChI is InChI=1S/C12H16F3N3O2/c1-8-7-20-9(2)5-18(8)11(19)6-17-4-3-10(16-17)12(13,14)15/h3-4,8-9H,5-7H2,1-2H3/t8-,9-/m0/s1. The summed E-state index contributed by atoms with van der Waals surface area (Å²) in [5.41, 5.74) is -0.992. The molecule has 8 heteroatoms. The third kappa shape index (κ3) is 3.30. The molecule has 0 spiro atoms. The molecule has 0 aromatic carbocycles. The zero-order chi connectivity index (χ0) is 14.9. The van der Waals surface area contributed by atoms with E-state index < -0.39 is 11.9 Å². The first kappa shape index (κ1) is 14.8. The summed E-state index contributed by atoms with van der Waals surface area (Å²) < 4.78 is 43.7. The van der Waals surface area contributed by atoms with Gasteiger partial charge in [-0.05, 0) is 19.9 Å². The van der Waals surface area contributed by atoms with E-state index in [1.807, 2.05) is 13.8 Å². The maximum atomic E-state index is 12.4. The van der Waals surface area contributed by atoms with Crippen molar-refractivity contribution in [2.24, 2.45) is 0 Å². The molecular weight excluding hydrogens is 275 g/mol. The second-order valence-electron chi connectivity index (χ2n) is 4.94. The highest BCUT2D eigenvalue weighted by Crippen LogP contribution is 2.27. The summed E-state index contributed by atoms with van der Waals surface area (Å²) in [5.74, 6) is -0.260. The number of morpholine rings is 1. The topological polar surface area (TPSA) is 47.4 Å². The summed E-state index contributed by atoms with van der Waals surface area (Å²) in [6, 6.07) is 0.773. The van der Waals surface area contributed by atoms with Crippen LogP contribution in [0.3, 0.4) is 0 Å². The molecule has 0 saturated carbocycles. The summed E-state index contributed by atoms with van der Waals surface area (Å²) in [4.78, 5) is 13.7. The molecule has 1 fully saturated rings. The normalized spacial score (nSPS) is 23.9. The molecule has 1 amide bonds. The average Bonchev–Trinajstić information content (AvgIpc) is 2.80. The monoisotopic (exact) mass is 291 g/mol. The molecule has 1 saturated heterocycles. The first-order valence-corrected chi connectivity index (χ1v) is 6.29. The molecule has 2 atom stereocenters. The number of ether oxygens (including phenoxy) is 1. The number of hydrogen-bond acceptors (Lipinski definition) is 3. The predicted octanol–water partition coefficient (Wildman–Crippen LogP) is 1.54. The third-order valence-electron chi connectivity index (χ3n) is 3.16. The molecule has 112 valence electrons. The number of carbonyl (C=O) groups excluding carboxylic acids is 1. The first-order chi connectivity index (χ1) is 9.27. The predicted molar refractivity (Wildman–Crippen MR) is 63.8 cm³/mol. The Morgan fingerprint density at radius 2 is 2.20 bits per heavy atom. The fraction of sp³-hybridized carbons (Fsp3) is 0.667. The van der Waals surface area contributed by atoms with E-state index in [0.29, 0.717) is 13.2 Å². The highest BCUT2D eigenvalue weighted by atomic mass is 19.4. The molecule has 1 aliphatic heterocycles. The van der Waals surface area contributed by atoms with Crippen LogP contribution in [0.5, 0.6) is 0 Å². The van der Waals surface area contributed by atoms with Gasteiger partial charge in [0.1, 0.15) is 6.54 Å². The van der Waals surface area contributed by atoms with Crippen molar-refractivity contribution in [3.8, 4) is 0 Å². The Kier molecular flexibility index (Phi) is 4.03. The molecule has 0 unspecified atom stereocenters. The molecule has 1 aromatic rings. The Labute approximate surface area is 114 Å². The number of halogens is 3. The Bertz CT molecular complexity index is 487. The quantitative estimate of drug-likeness (QED) is 0.830. The van der Waals surface area contributed by atoms with E-state index in [4.69, 9.17) is 4.74 Å². The smallest absolute Gasteiger partial charge is 0.375 e. The van der Waals surface area contributed by atoms with Crippen molar-refractivity contribution in [2.45, 2.75) is 38.7 Å². The Morgan fingerprint density at radius 1 is 1.50 bits per heavy atom. The van der Waals surface area contributed by atoms with Crippen LogP contribution in [0, 0.1) is 0 Å². The first-order valence-electron chi connectivity index (χ1n) is 6.29. The van der Waals surface area contributed by atoms with Crippen LogP contribution in [0.4, 0.5) is 13.2 Å². The van der Waals surface area contributed by atoms with E-state index in [1.165, 1.54) is 0 Å². The largest absolute Gasteiger partial charge is 0.435 e. The number of nitrogens with zero attached hydrogens (tertiary/aromatic N) is 3. The van der Waals surface area contributed by atoms with Gasteiger partial charge in [-0.15, -0.1) is 0 Å². The second kappa shape index (κ2) is 5.43. The highest BCUT2D eigenvalue weighted by molar-refractivity contribution is 5.76. The molecule has 5 nitrogen and oxygen atoms in total. The summed E-state index contributed by atoms with van der Waals surface area (Å²) in [6.07, 6.45) is -3.40. The fourth-order valence-corrected chi connectivity index (χ4v) is 2.08. The lowest BCUT2D eigenvalue weighted by molar-refractivity contribution is -0.145. The molecule has 20 heavy (non-hydrogen) atoms. The van der Waals surface area contributed by atoms with E-state index in [9.17, 15) is 18.0 Å². The number of amides is 1. The van der Waals surface area contributed by atoms with Gasteiger partial charge in [0.25, 0.3) is 0 Å². The van der Waals surface area contributed by atoms with Gasteiger partial charge in [-0.1, -0.05) is 0 Å². The number of rotatable bonds is 2. The fourth-order valence-electron chi connectivity index (χ4n) is 2.08.